The molecule has 5 aliphatic rings. The summed E-state index contributed by atoms with van der Waals surface area (Å²) in [5, 5.41) is 3.73. The van der Waals surface area contributed by atoms with Crippen molar-refractivity contribution >= 4 is 6.09 Å². The van der Waals surface area contributed by atoms with Crippen LogP contribution in [0.15, 0.2) is 36.4 Å². The highest BCUT2D eigenvalue weighted by Gasteiger charge is 2.60. The van der Waals surface area contributed by atoms with Crippen molar-refractivity contribution in [3.8, 4) is 33.6 Å². The van der Waals surface area contributed by atoms with Crippen LogP contribution in [0.1, 0.15) is 86.7 Å². The van der Waals surface area contributed by atoms with Gasteiger partial charge >= 0.3 is 6.09 Å². The number of aromatic amines is 2. The predicted octanol–water partition coefficient (Wildman–Crippen LogP) is 6.61. The second-order valence-corrected chi connectivity index (χ2v) is 14.5. The maximum atomic E-state index is 12.9. The zero-order valence-electron chi connectivity index (χ0n) is 25.8. The average molecular weight is 589 g/mol. The fraction of sp³-hybridized carbons (Fsp3) is 0.472. The van der Waals surface area contributed by atoms with Crippen molar-refractivity contribution in [2.75, 3.05) is 13.1 Å². The lowest BCUT2D eigenvalue weighted by molar-refractivity contribution is 0.0218. The van der Waals surface area contributed by atoms with Gasteiger partial charge in [-0.2, -0.15) is 0 Å². The molecule has 3 fully saturated rings. The molecular formula is C36H40N6O2. The summed E-state index contributed by atoms with van der Waals surface area (Å²) in [7, 11) is 0. The van der Waals surface area contributed by atoms with E-state index in [4.69, 9.17) is 14.7 Å². The van der Waals surface area contributed by atoms with E-state index in [9.17, 15) is 4.79 Å². The van der Waals surface area contributed by atoms with Crippen LogP contribution in [0.4, 0.5) is 4.79 Å². The number of aryl methyl sites for hydroxylation is 4. The molecule has 0 spiro atoms. The lowest BCUT2D eigenvalue weighted by atomic mass is 9.87. The van der Waals surface area contributed by atoms with E-state index in [1.54, 1.807) is 0 Å². The minimum Gasteiger partial charge on any atom is -0.444 e. The molecule has 2 aliphatic heterocycles. The van der Waals surface area contributed by atoms with Crippen LogP contribution in [-0.4, -0.2) is 49.6 Å². The van der Waals surface area contributed by atoms with Gasteiger partial charge in [0.2, 0.25) is 0 Å². The summed E-state index contributed by atoms with van der Waals surface area (Å²) in [6, 6.07) is 13.7. The highest BCUT2D eigenvalue weighted by atomic mass is 16.6. The van der Waals surface area contributed by atoms with Crippen LogP contribution < -0.4 is 5.32 Å². The van der Waals surface area contributed by atoms with Crippen LogP contribution in [-0.2, 0) is 36.0 Å². The Labute approximate surface area is 258 Å². The topological polar surface area (TPSA) is 98.9 Å². The second kappa shape index (κ2) is 9.30. The van der Waals surface area contributed by atoms with Gasteiger partial charge in [-0.3, -0.25) is 4.90 Å². The van der Waals surface area contributed by atoms with Gasteiger partial charge in [-0.05, 0) is 107 Å². The molecule has 44 heavy (non-hydrogen) atoms. The number of hydrogen-bond donors (Lipinski definition) is 3. The number of H-pyrrole nitrogens is 2. The molecule has 1 amide bonds. The molecule has 2 aromatic carbocycles. The molecule has 2 aromatic heterocycles. The van der Waals surface area contributed by atoms with E-state index in [1.165, 1.54) is 57.6 Å². The Hall–Kier alpha value is -3.91. The predicted molar refractivity (Wildman–Crippen MR) is 169 cm³/mol. The first kappa shape index (κ1) is 26.5. The van der Waals surface area contributed by atoms with Gasteiger partial charge < -0.3 is 20.0 Å². The summed E-state index contributed by atoms with van der Waals surface area (Å²) < 4.78 is 5.70. The SMILES string of the molecule is CC(C)(C)OC(=O)N1CCC[C@H]1c1nc2c([nH]1)CCc1cc(-c3ccc4c(c3)CCc3[nH]c([C@@]56C[C@@H]5CCN6)nc3-4)ccc1-2. The molecule has 9 rings (SSSR count). The molecule has 2 saturated heterocycles. The number of fused-ring (bicyclic) bond motifs is 7. The van der Waals surface area contributed by atoms with Crippen molar-refractivity contribution in [2.45, 2.75) is 89.3 Å². The van der Waals surface area contributed by atoms with Gasteiger partial charge in [0, 0.05) is 29.1 Å². The lowest BCUT2D eigenvalue weighted by Gasteiger charge is -2.27. The fourth-order valence-electron chi connectivity index (χ4n) is 8.29. The van der Waals surface area contributed by atoms with Gasteiger partial charge in [-0.15, -0.1) is 0 Å². The Morgan fingerprint density at radius 1 is 0.909 bits per heavy atom. The van der Waals surface area contributed by atoms with Crippen LogP contribution in [0, 0.1) is 5.92 Å². The van der Waals surface area contributed by atoms with Crippen LogP contribution in [0.3, 0.4) is 0 Å². The van der Waals surface area contributed by atoms with Gasteiger partial charge in [0.15, 0.2) is 0 Å². The molecule has 3 atom stereocenters. The van der Waals surface area contributed by atoms with Gasteiger partial charge in [-0.25, -0.2) is 14.8 Å². The fourth-order valence-corrected chi connectivity index (χ4v) is 8.29. The van der Waals surface area contributed by atoms with Gasteiger partial charge in [0.1, 0.15) is 17.2 Å². The summed E-state index contributed by atoms with van der Waals surface area (Å²) >= 11 is 0. The number of piperidine rings is 1. The second-order valence-electron chi connectivity index (χ2n) is 14.5. The molecular weight excluding hydrogens is 548 g/mol. The standard InChI is InChI=1S/C36H40N6O2/c1-35(2,3)44-34(43)42-16-4-5-29(42)32-38-27-12-8-22-17-20(6-10-25(22)30(27)40-32)21-7-11-26-23(18-21)9-13-28-31(26)41-33(39-28)36-19-24(36)14-15-37-36/h6-7,10-11,17-18,24,29,37H,4-5,8-9,12-16,19H2,1-3H3,(H,38,40)(H,39,41)/t24-,29-,36+/m0/s1. The Morgan fingerprint density at radius 2 is 1.59 bits per heavy atom. The highest BCUT2D eigenvalue weighted by molar-refractivity contribution is 5.78. The van der Waals surface area contributed by atoms with Gasteiger partial charge in [0.05, 0.1) is 23.0 Å². The summed E-state index contributed by atoms with van der Waals surface area (Å²) in [4.78, 5) is 32.4. The first-order chi connectivity index (χ1) is 21.3. The van der Waals surface area contributed by atoms with Crippen molar-refractivity contribution in [1.29, 1.82) is 0 Å². The molecule has 0 unspecified atom stereocenters. The number of carbonyl (C=O) groups is 1. The number of carbonyl (C=O) groups excluding carboxylic acids is 1. The number of ether oxygens (including phenoxy) is 1. The van der Waals surface area contributed by atoms with Crippen molar-refractivity contribution in [3.63, 3.8) is 0 Å². The number of likely N-dealkylation sites (tertiary alicyclic amines) is 1. The van der Waals surface area contributed by atoms with E-state index in [2.05, 4.69) is 51.7 Å². The molecule has 3 N–H and O–H groups in total. The van der Waals surface area contributed by atoms with E-state index < -0.39 is 5.60 Å². The third-order valence-corrected chi connectivity index (χ3v) is 10.6. The summed E-state index contributed by atoms with van der Waals surface area (Å²) in [6.45, 7) is 7.55. The van der Waals surface area contributed by atoms with Gasteiger partial charge in [0.25, 0.3) is 0 Å². The Bertz CT molecular complexity index is 1830. The first-order valence-corrected chi connectivity index (χ1v) is 16.5. The first-order valence-electron chi connectivity index (χ1n) is 16.5. The summed E-state index contributed by atoms with van der Waals surface area (Å²) in [5.41, 5.74) is 12.0. The van der Waals surface area contributed by atoms with E-state index in [0.29, 0.717) is 6.54 Å². The molecule has 0 bridgehead atoms. The average Bonchev–Trinajstić information content (AvgIpc) is 3.58. The normalized spacial score (nSPS) is 24.8. The number of rotatable bonds is 3. The third kappa shape index (κ3) is 4.10. The van der Waals surface area contributed by atoms with Crippen LogP contribution in [0.25, 0.3) is 33.6 Å². The van der Waals surface area contributed by atoms with Crippen molar-refractivity contribution < 1.29 is 9.53 Å². The Kier molecular flexibility index (Phi) is 5.60. The van der Waals surface area contributed by atoms with Crippen molar-refractivity contribution in [3.05, 3.63) is 70.6 Å². The number of aromatic nitrogens is 4. The van der Waals surface area contributed by atoms with E-state index >= 15 is 0 Å². The molecule has 4 heterocycles. The summed E-state index contributed by atoms with van der Waals surface area (Å²) in [6.07, 6.45) is 8.02. The Morgan fingerprint density at radius 3 is 2.23 bits per heavy atom. The lowest BCUT2D eigenvalue weighted by Crippen LogP contribution is -2.36. The molecule has 0 radical (unpaired) electrons. The number of benzene rings is 2. The summed E-state index contributed by atoms with van der Waals surface area (Å²) in [5.74, 6) is 2.79. The monoisotopic (exact) mass is 588 g/mol. The van der Waals surface area contributed by atoms with E-state index in [0.717, 1.165) is 74.0 Å². The maximum absolute atomic E-state index is 12.9. The third-order valence-electron chi connectivity index (χ3n) is 10.6. The molecule has 226 valence electrons. The number of nitrogens with one attached hydrogen (secondary N) is 3. The zero-order valence-corrected chi connectivity index (χ0v) is 25.8. The minimum atomic E-state index is -0.514. The Balaban J connectivity index is 0.983. The molecule has 3 aliphatic carbocycles. The van der Waals surface area contributed by atoms with Crippen molar-refractivity contribution in [1.82, 2.24) is 30.2 Å². The zero-order chi connectivity index (χ0) is 29.8. The number of imidazole rings is 2. The highest BCUT2D eigenvalue weighted by Crippen LogP contribution is 2.56. The van der Waals surface area contributed by atoms with Crippen LogP contribution >= 0.6 is 0 Å². The number of nitrogens with zero attached hydrogens (tertiary/aromatic N) is 3. The maximum Gasteiger partial charge on any atom is 0.410 e. The minimum absolute atomic E-state index is 0.0699. The molecule has 4 aromatic rings. The smallest absolute Gasteiger partial charge is 0.410 e. The number of hydrogen-bond acceptors (Lipinski definition) is 5. The largest absolute Gasteiger partial charge is 0.444 e. The molecule has 8 nitrogen and oxygen atoms in total. The quantitative estimate of drug-likeness (QED) is 0.250. The number of amides is 1. The molecule has 1 saturated carbocycles. The van der Waals surface area contributed by atoms with Crippen LogP contribution in [0.5, 0.6) is 0 Å². The van der Waals surface area contributed by atoms with Gasteiger partial charge in [-0.1, -0.05) is 36.4 Å². The van der Waals surface area contributed by atoms with Crippen molar-refractivity contribution in [2.24, 2.45) is 5.92 Å². The van der Waals surface area contributed by atoms with E-state index in [1.807, 2.05) is 25.7 Å². The van der Waals surface area contributed by atoms with Crippen LogP contribution in [0.2, 0.25) is 0 Å². The molecule has 8 heteroatoms. The van der Waals surface area contributed by atoms with E-state index in [-0.39, 0.29) is 17.7 Å².